The van der Waals surface area contributed by atoms with Crippen LogP contribution in [-0.2, 0) is 0 Å². The Morgan fingerprint density at radius 2 is 1.81 bits per heavy atom. The first-order chi connectivity index (χ1) is 15.2. The lowest BCUT2D eigenvalue weighted by atomic mass is 9.85. The summed E-state index contributed by atoms with van der Waals surface area (Å²) in [6, 6.07) is 16.2. The molecule has 31 heavy (non-hydrogen) atoms. The minimum atomic E-state index is 0.422. The SMILES string of the molecule is Cc1nc(-c2ccccc2)nc2cc(-c3nc(C4CCC4)n4ncnc(N)c34)ccc12. The number of fused-ring (bicyclic) bond motifs is 2. The quantitative estimate of drug-likeness (QED) is 0.471. The molecule has 0 radical (unpaired) electrons. The van der Waals surface area contributed by atoms with Crippen LogP contribution < -0.4 is 5.73 Å². The molecule has 152 valence electrons. The maximum atomic E-state index is 6.27. The largest absolute Gasteiger partial charge is 0.382 e. The zero-order valence-electron chi connectivity index (χ0n) is 17.2. The molecule has 1 aliphatic carbocycles. The Bertz CT molecular complexity index is 1440. The molecule has 1 aliphatic rings. The highest BCUT2D eigenvalue weighted by molar-refractivity contribution is 5.91. The number of hydrogen-bond acceptors (Lipinski definition) is 6. The number of nitrogens with two attached hydrogens (primary N) is 1. The van der Waals surface area contributed by atoms with E-state index in [0.717, 1.165) is 63.4 Å². The van der Waals surface area contributed by atoms with Gasteiger partial charge in [-0.3, -0.25) is 0 Å². The van der Waals surface area contributed by atoms with Gasteiger partial charge in [0.05, 0.1) is 5.52 Å². The summed E-state index contributed by atoms with van der Waals surface area (Å²) in [6.07, 6.45) is 4.99. The number of rotatable bonds is 3. The maximum absolute atomic E-state index is 6.27. The molecular weight excluding hydrogens is 386 g/mol. The second-order valence-corrected chi connectivity index (χ2v) is 8.08. The van der Waals surface area contributed by atoms with E-state index in [0.29, 0.717) is 11.7 Å². The van der Waals surface area contributed by atoms with E-state index in [9.17, 15) is 0 Å². The zero-order chi connectivity index (χ0) is 20.9. The fourth-order valence-corrected chi connectivity index (χ4v) is 4.26. The molecule has 7 heteroatoms. The molecule has 2 N–H and O–H groups in total. The van der Waals surface area contributed by atoms with Crippen LogP contribution in [0.4, 0.5) is 5.82 Å². The van der Waals surface area contributed by atoms with Crippen molar-refractivity contribution in [3.05, 3.63) is 66.4 Å². The normalized spacial score (nSPS) is 14.2. The van der Waals surface area contributed by atoms with Crippen molar-refractivity contribution >= 4 is 22.2 Å². The molecule has 0 saturated heterocycles. The van der Waals surface area contributed by atoms with Gasteiger partial charge in [0.2, 0.25) is 0 Å². The standard InChI is InChI=1S/C24H21N7/c1-14-18-11-10-17(12-19(18)29-23(28-14)15-6-3-2-4-7-15)20-21-22(25)26-13-27-31(21)24(30-20)16-8-5-9-16/h2-4,6-7,10-13,16H,5,8-9H2,1H3,(H2,25,26,27). The fraction of sp³-hybridized carbons (Fsp3) is 0.208. The number of aryl methyl sites for hydroxylation is 1. The Balaban J connectivity index is 1.56. The summed E-state index contributed by atoms with van der Waals surface area (Å²) < 4.78 is 1.87. The maximum Gasteiger partial charge on any atom is 0.160 e. The highest BCUT2D eigenvalue weighted by atomic mass is 15.3. The van der Waals surface area contributed by atoms with Crippen LogP contribution in [0.3, 0.4) is 0 Å². The topological polar surface area (TPSA) is 94.9 Å². The molecular formula is C24H21N7. The molecule has 2 aromatic carbocycles. The minimum absolute atomic E-state index is 0.422. The highest BCUT2D eigenvalue weighted by Gasteiger charge is 2.27. The van der Waals surface area contributed by atoms with Gasteiger partial charge in [-0.05, 0) is 25.8 Å². The fourth-order valence-electron chi connectivity index (χ4n) is 4.26. The predicted octanol–water partition coefficient (Wildman–Crippen LogP) is 4.56. The Hall–Kier alpha value is -3.87. The number of nitrogens with zero attached hydrogens (tertiary/aromatic N) is 6. The van der Waals surface area contributed by atoms with Crippen molar-refractivity contribution in [3.8, 4) is 22.6 Å². The van der Waals surface area contributed by atoms with Crippen LogP contribution in [0, 0.1) is 6.92 Å². The summed E-state index contributed by atoms with van der Waals surface area (Å²) in [5, 5.41) is 5.48. The zero-order valence-corrected chi connectivity index (χ0v) is 17.2. The van der Waals surface area contributed by atoms with Gasteiger partial charge in [0.25, 0.3) is 0 Å². The molecule has 1 saturated carbocycles. The van der Waals surface area contributed by atoms with Gasteiger partial charge < -0.3 is 5.73 Å². The van der Waals surface area contributed by atoms with Crippen molar-refractivity contribution in [2.45, 2.75) is 32.1 Å². The Morgan fingerprint density at radius 1 is 0.968 bits per heavy atom. The monoisotopic (exact) mass is 407 g/mol. The van der Waals surface area contributed by atoms with Crippen molar-refractivity contribution < 1.29 is 0 Å². The van der Waals surface area contributed by atoms with Gasteiger partial charge in [-0.1, -0.05) is 48.9 Å². The number of aromatic nitrogens is 6. The molecule has 0 atom stereocenters. The third-order valence-corrected chi connectivity index (χ3v) is 6.15. The van der Waals surface area contributed by atoms with Crippen LogP contribution in [0.25, 0.3) is 39.1 Å². The highest BCUT2D eigenvalue weighted by Crippen LogP contribution is 2.39. The molecule has 0 aliphatic heterocycles. The van der Waals surface area contributed by atoms with Gasteiger partial charge in [0, 0.05) is 28.1 Å². The van der Waals surface area contributed by atoms with E-state index < -0.39 is 0 Å². The van der Waals surface area contributed by atoms with Crippen LogP contribution in [0.1, 0.15) is 36.7 Å². The molecule has 0 spiro atoms. The van der Waals surface area contributed by atoms with Crippen LogP contribution in [0.15, 0.2) is 54.9 Å². The smallest absolute Gasteiger partial charge is 0.160 e. The molecule has 0 unspecified atom stereocenters. The average molecular weight is 407 g/mol. The first-order valence-electron chi connectivity index (χ1n) is 10.5. The lowest BCUT2D eigenvalue weighted by Gasteiger charge is -2.23. The summed E-state index contributed by atoms with van der Waals surface area (Å²) in [4.78, 5) is 18.8. The van der Waals surface area contributed by atoms with E-state index in [2.05, 4.69) is 28.3 Å². The van der Waals surface area contributed by atoms with Gasteiger partial charge in [-0.25, -0.2) is 24.5 Å². The van der Waals surface area contributed by atoms with Crippen LogP contribution in [-0.4, -0.2) is 29.5 Å². The minimum Gasteiger partial charge on any atom is -0.382 e. The molecule has 0 bridgehead atoms. The summed E-state index contributed by atoms with van der Waals surface area (Å²) >= 11 is 0. The summed E-state index contributed by atoms with van der Waals surface area (Å²) in [5.41, 5.74) is 11.6. The van der Waals surface area contributed by atoms with Crippen molar-refractivity contribution in [1.82, 2.24) is 29.5 Å². The van der Waals surface area contributed by atoms with Gasteiger partial charge in [-0.2, -0.15) is 5.10 Å². The number of anilines is 1. The summed E-state index contributed by atoms with van der Waals surface area (Å²) in [5.74, 6) is 2.54. The lowest BCUT2D eigenvalue weighted by Crippen LogP contribution is -2.14. The summed E-state index contributed by atoms with van der Waals surface area (Å²) in [6.45, 7) is 2.02. The predicted molar refractivity (Wildman–Crippen MR) is 120 cm³/mol. The van der Waals surface area contributed by atoms with Crippen LogP contribution >= 0.6 is 0 Å². The first kappa shape index (κ1) is 17.9. The van der Waals surface area contributed by atoms with E-state index in [1.165, 1.54) is 12.7 Å². The van der Waals surface area contributed by atoms with E-state index in [1.54, 1.807) is 0 Å². The second-order valence-electron chi connectivity index (χ2n) is 8.08. The molecule has 6 rings (SSSR count). The molecule has 3 aromatic heterocycles. The summed E-state index contributed by atoms with van der Waals surface area (Å²) in [7, 11) is 0. The molecule has 7 nitrogen and oxygen atoms in total. The molecule has 0 amide bonds. The third kappa shape index (κ3) is 2.84. The van der Waals surface area contributed by atoms with Gasteiger partial charge >= 0.3 is 0 Å². The van der Waals surface area contributed by atoms with Gasteiger partial charge in [0.1, 0.15) is 23.4 Å². The molecule has 3 heterocycles. The Kier molecular flexibility index (Phi) is 3.96. The molecule has 1 fully saturated rings. The van der Waals surface area contributed by atoms with E-state index in [-0.39, 0.29) is 0 Å². The number of hydrogen-bond donors (Lipinski definition) is 1. The van der Waals surface area contributed by atoms with Crippen LogP contribution in [0.2, 0.25) is 0 Å². The third-order valence-electron chi connectivity index (χ3n) is 6.15. The van der Waals surface area contributed by atoms with Gasteiger partial charge in [-0.15, -0.1) is 0 Å². The van der Waals surface area contributed by atoms with E-state index in [1.807, 2.05) is 41.8 Å². The van der Waals surface area contributed by atoms with Crippen molar-refractivity contribution in [1.29, 1.82) is 0 Å². The van der Waals surface area contributed by atoms with E-state index >= 15 is 0 Å². The van der Waals surface area contributed by atoms with Crippen molar-refractivity contribution in [2.75, 3.05) is 5.73 Å². The van der Waals surface area contributed by atoms with Crippen molar-refractivity contribution in [3.63, 3.8) is 0 Å². The second kappa shape index (κ2) is 6.84. The number of benzene rings is 2. The average Bonchev–Trinajstić information content (AvgIpc) is 3.13. The molecule has 5 aromatic rings. The van der Waals surface area contributed by atoms with Gasteiger partial charge in [0.15, 0.2) is 11.6 Å². The lowest BCUT2D eigenvalue weighted by molar-refractivity contribution is 0.396. The van der Waals surface area contributed by atoms with Crippen LogP contribution in [0.5, 0.6) is 0 Å². The van der Waals surface area contributed by atoms with Crippen molar-refractivity contribution in [2.24, 2.45) is 0 Å². The number of nitrogen functional groups attached to an aromatic ring is 1. The van der Waals surface area contributed by atoms with E-state index in [4.69, 9.17) is 20.7 Å². The first-order valence-corrected chi connectivity index (χ1v) is 10.5. The number of imidazole rings is 1. The Labute approximate surface area is 179 Å². The Morgan fingerprint density at radius 3 is 2.58 bits per heavy atom.